The molecule has 0 radical (unpaired) electrons. The van der Waals surface area contributed by atoms with Gasteiger partial charge >= 0.3 is 0 Å². The highest BCUT2D eigenvalue weighted by Gasteiger charge is 1.96. The summed E-state index contributed by atoms with van der Waals surface area (Å²) >= 11 is 5.99. The van der Waals surface area contributed by atoms with Crippen molar-refractivity contribution in [2.45, 2.75) is 19.9 Å². The molecule has 0 saturated heterocycles. The van der Waals surface area contributed by atoms with E-state index in [4.69, 9.17) is 17.3 Å². The molecule has 13 heavy (non-hydrogen) atoms. The molecule has 70 valence electrons. The van der Waals surface area contributed by atoms with Crippen molar-refractivity contribution in [2.24, 2.45) is 5.73 Å². The Morgan fingerprint density at radius 1 is 1.46 bits per heavy atom. The molecule has 1 nitrogen and oxygen atoms in total. The highest BCUT2D eigenvalue weighted by molar-refractivity contribution is 6.32. The second-order valence-electron chi connectivity index (χ2n) is 3.24. The van der Waals surface area contributed by atoms with Gasteiger partial charge in [0.15, 0.2) is 0 Å². The highest BCUT2D eigenvalue weighted by Crippen LogP contribution is 2.18. The van der Waals surface area contributed by atoms with Gasteiger partial charge in [0.2, 0.25) is 0 Å². The Kier molecular flexibility index (Phi) is 3.52. The molecule has 0 aliphatic heterocycles. The minimum absolute atomic E-state index is 0.0663. The molecule has 1 atom stereocenters. The first-order chi connectivity index (χ1) is 6.09. The van der Waals surface area contributed by atoms with E-state index in [1.54, 1.807) is 0 Å². The zero-order chi connectivity index (χ0) is 9.84. The highest BCUT2D eigenvalue weighted by atomic mass is 35.5. The normalized spacial score (nSPS) is 13.5. The summed E-state index contributed by atoms with van der Waals surface area (Å²) in [6.45, 7) is 3.97. The van der Waals surface area contributed by atoms with Gasteiger partial charge in [0, 0.05) is 11.1 Å². The van der Waals surface area contributed by atoms with Crippen molar-refractivity contribution in [3.05, 3.63) is 40.4 Å². The van der Waals surface area contributed by atoms with E-state index in [9.17, 15) is 0 Å². The molecule has 0 saturated carbocycles. The van der Waals surface area contributed by atoms with Crippen LogP contribution in [-0.2, 0) is 0 Å². The summed E-state index contributed by atoms with van der Waals surface area (Å²) < 4.78 is 0. The molecule has 1 rings (SSSR count). The third-order valence-corrected chi connectivity index (χ3v) is 2.08. The Labute approximate surface area is 84.2 Å². The topological polar surface area (TPSA) is 26.0 Å². The summed E-state index contributed by atoms with van der Waals surface area (Å²) in [6, 6.07) is 6.00. The fourth-order valence-corrected chi connectivity index (χ4v) is 1.23. The number of nitrogens with two attached hydrogens (primary N) is 1. The summed E-state index contributed by atoms with van der Waals surface area (Å²) in [5.41, 5.74) is 7.83. The maximum Gasteiger partial charge on any atom is 0.0478 e. The summed E-state index contributed by atoms with van der Waals surface area (Å²) in [4.78, 5) is 0. The fraction of sp³-hybridized carbons (Fsp3) is 0.273. The largest absolute Gasteiger partial charge is 0.325 e. The lowest BCUT2D eigenvalue weighted by molar-refractivity contribution is 0.931. The molecule has 1 unspecified atom stereocenters. The first-order valence-electron chi connectivity index (χ1n) is 4.29. The van der Waals surface area contributed by atoms with Crippen LogP contribution >= 0.6 is 11.6 Å². The average molecular weight is 196 g/mol. The van der Waals surface area contributed by atoms with E-state index < -0.39 is 0 Å². The van der Waals surface area contributed by atoms with Gasteiger partial charge in [0.05, 0.1) is 0 Å². The predicted octanol–water partition coefficient (Wildman–Crippen LogP) is 3.01. The van der Waals surface area contributed by atoms with Gasteiger partial charge in [-0.05, 0) is 25.5 Å². The fourth-order valence-electron chi connectivity index (χ4n) is 1.05. The van der Waals surface area contributed by atoms with Gasteiger partial charge in [0.1, 0.15) is 0 Å². The van der Waals surface area contributed by atoms with Gasteiger partial charge in [-0.15, -0.1) is 0 Å². The summed E-state index contributed by atoms with van der Waals surface area (Å²) in [7, 11) is 0. The van der Waals surface area contributed by atoms with E-state index in [-0.39, 0.29) is 6.04 Å². The third-order valence-electron chi connectivity index (χ3n) is 1.73. The van der Waals surface area contributed by atoms with E-state index >= 15 is 0 Å². The van der Waals surface area contributed by atoms with Gasteiger partial charge < -0.3 is 5.73 Å². The lowest BCUT2D eigenvalue weighted by Gasteiger charge is -2.00. The molecule has 0 aliphatic rings. The van der Waals surface area contributed by atoms with E-state index in [1.807, 2.05) is 44.2 Å². The maximum atomic E-state index is 5.99. The van der Waals surface area contributed by atoms with Crippen LogP contribution in [0.5, 0.6) is 0 Å². The van der Waals surface area contributed by atoms with Crippen LogP contribution in [0.4, 0.5) is 0 Å². The van der Waals surface area contributed by atoms with Crippen molar-refractivity contribution in [3.63, 3.8) is 0 Å². The Morgan fingerprint density at radius 2 is 2.15 bits per heavy atom. The molecule has 0 aliphatic carbocycles. The van der Waals surface area contributed by atoms with Gasteiger partial charge in [-0.2, -0.15) is 0 Å². The number of benzene rings is 1. The Balaban J connectivity index is 2.93. The van der Waals surface area contributed by atoms with Gasteiger partial charge in [-0.1, -0.05) is 41.4 Å². The molecule has 0 aromatic heterocycles. The minimum Gasteiger partial charge on any atom is -0.325 e. The molecule has 1 aromatic carbocycles. The molecule has 0 bridgehead atoms. The Morgan fingerprint density at radius 3 is 2.77 bits per heavy atom. The van der Waals surface area contributed by atoms with Gasteiger partial charge in [-0.25, -0.2) is 0 Å². The standard InChI is InChI=1S/C11H14ClN/c1-8-3-6-11(12)10(7-8)5-4-9(2)13/h3-7,9H,13H2,1-2H3/b5-4+. The number of hydrogen-bond donors (Lipinski definition) is 1. The number of hydrogen-bond acceptors (Lipinski definition) is 1. The first kappa shape index (κ1) is 10.3. The SMILES string of the molecule is Cc1ccc(Cl)c(/C=C/C(C)N)c1. The van der Waals surface area contributed by atoms with Crippen LogP contribution in [0.2, 0.25) is 5.02 Å². The number of rotatable bonds is 2. The van der Waals surface area contributed by atoms with Crippen molar-refractivity contribution >= 4 is 17.7 Å². The summed E-state index contributed by atoms with van der Waals surface area (Å²) in [5, 5.41) is 0.766. The molecule has 2 N–H and O–H groups in total. The van der Waals surface area contributed by atoms with Gasteiger partial charge in [0.25, 0.3) is 0 Å². The smallest absolute Gasteiger partial charge is 0.0478 e. The lowest BCUT2D eigenvalue weighted by Crippen LogP contribution is -2.09. The average Bonchev–Trinajstić information content (AvgIpc) is 2.06. The maximum absolute atomic E-state index is 5.99. The van der Waals surface area contributed by atoms with Crippen LogP contribution < -0.4 is 5.73 Å². The second kappa shape index (κ2) is 4.45. The molecular formula is C11H14ClN. The van der Waals surface area contributed by atoms with Crippen LogP contribution in [0.25, 0.3) is 6.08 Å². The van der Waals surface area contributed by atoms with Crippen molar-refractivity contribution < 1.29 is 0 Å². The van der Waals surface area contributed by atoms with Crippen molar-refractivity contribution in [1.82, 2.24) is 0 Å². The molecule has 0 amide bonds. The van der Waals surface area contributed by atoms with Crippen molar-refractivity contribution in [3.8, 4) is 0 Å². The summed E-state index contributed by atoms with van der Waals surface area (Å²) in [6.07, 6.45) is 3.89. The van der Waals surface area contributed by atoms with E-state index in [0.717, 1.165) is 10.6 Å². The summed E-state index contributed by atoms with van der Waals surface area (Å²) in [5.74, 6) is 0. The van der Waals surface area contributed by atoms with Crippen molar-refractivity contribution in [2.75, 3.05) is 0 Å². The monoisotopic (exact) mass is 195 g/mol. The van der Waals surface area contributed by atoms with Crippen LogP contribution in [0.15, 0.2) is 24.3 Å². The lowest BCUT2D eigenvalue weighted by atomic mass is 10.1. The van der Waals surface area contributed by atoms with E-state index in [1.165, 1.54) is 5.56 Å². The molecule has 0 heterocycles. The Bertz CT molecular complexity index is 316. The molecular weight excluding hydrogens is 182 g/mol. The zero-order valence-electron chi connectivity index (χ0n) is 7.92. The van der Waals surface area contributed by atoms with Crippen LogP contribution in [0.3, 0.4) is 0 Å². The molecule has 0 spiro atoms. The van der Waals surface area contributed by atoms with Crippen molar-refractivity contribution in [1.29, 1.82) is 0 Å². The van der Waals surface area contributed by atoms with Crippen LogP contribution in [0, 0.1) is 6.92 Å². The zero-order valence-corrected chi connectivity index (χ0v) is 8.68. The van der Waals surface area contributed by atoms with Gasteiger partial charge in [-0.3, -0.25) is 0 Å². The van der Waals surface area contributed by atoms with Crippen LogP contribution in [-0.4, -0.2) is 6.04 Å². The third kappa shape index (κ3) is 3.21. The van der Waals surface area contributed by atoms with Crippen LogP contribution in [0.1, 0.15) is 18.1 Å². The number of halogens is 1. The predicted molar refractivity (Wildman–Crippen MR) is 58.9 cm³/mol. The molecule has 2 heteroatoms. The quantitative estimate of drug-likeness (QED) is 0.772. The molecule has 0 fully saturated rings. The molecule has 1 aromatic rings. The van der Waals surface area contributed by atoms with E-state index in [0.29, 0.717) is 0 Å². The van der Waals surface area contributed by atoms with E-state index in [2.05, 4.69) is 0 Å². The Hall–Kier alpha value is -0.790. The minimum atomic E-state index is 0.0663. The second-order valence-corrected chi connectivity index (χ2v) is 3.65. The number of aryl methyl sites for hydroxylation is 1. The first-order valence-corrected chi connectivity index (χ1v) is 4.67.